The fourth-order valence-electron chi connectivity index (χ4n) is 2.16. The van der Waals surface area contributed by atoms with Crippen LogP contribution in [0.4, 0.5) is 5.69 Å². The molecule has 1 fully saturated rings. The third-order valence-corrected chi connectivity index (χ3v) is 3.61. The standard InChI is InChI=1S/C18H16N2O/c21-18(15-6-4-7-15)20-17-9-3-5-14(13-17)10-11-16-8-1-2-12-19-16/h1-3,5,8-9,12-13,15H,4,6-7H2,(H,20,21). The lowest BCUT2D eigenvalue weighted by molar-refractivity contribution is -0.122. The van der Waals surface area contributed by atoms with Gasteiger partial charge in [0.1, 0.15) is 5.69 Å². The van der Waals surface area contributed by atoms with Gasteiger partial charge in [0.25, 0.3) is 0 Å². The fraction of sp³-hybridized carbons (Fsp3) is 0.222. The van der Waals surface area contributed by atoms with Gasteiger partial charge in [0.2, 0.25) is 5.91 Å². The van der Waals surface area contributed by atoms with Gasteiger partial charge >= 0.3 is 0 Å². The Bertz CT molecular complexity index is 694. The molecule has 3 nitrogen and oxygen atoms in total. The number of anilines is 1. The summed E-state index contributed by atoms with van der Waals surface area (Å²) in [6, 6.07) is 13.3. The molecule has 0 atom stereocenters. The summed E-state index contributed by atoms with van der Waals surface area (Å²) in [5, 5.41) is 2.96. The van der Waals surface area contributed by atoms with E-state index < -0.39 is 0 Å². The maximum atomic E-state index is 11.9. The van der Waals surface area contributed by atoms with E-state index in [4.69, 9.17) is 0 Å². The first kappa shape index (κ1) is 13.4. The minimum atomic E-state index is 0.121. The fourth-order valence-corrected chi connectivity index (χ4v) is 2.16. The van der Waals surface area contributed by atoms with Gasteiger partial charge in [-0.3, -0.25) is 4.79 Å². The van der Waals surface area contributed by atoms with Crippen molar-refractivity contribution in [3.63, 3.8) is 0 Å². The summed E-state index contributed by atoms with van der Waals surface area (Å²) >= 11 is 0. The van der Waals surface area contributed by atoms with Crippen molar-refractivity contribution in [2.24, 2.45) is 5.92 Å². The summed E-state index contributed by atoms with van der Waals surface area (Å²) in [4.78, 5) is 16.1. The van der Waals surface area contributed by atoms with Gasteiger partial charge in [-0.15, -0.1) is 0 Å². The molecule has 0 bridgehead atoms. The van der Waals surface area contributed by atoms with Crippen molar-refractivity contribution in [3.05, 3.63) is 59.9 Å². The molecule has 1 N–H and O–H groups in total. The molecule has 3 heteroatoms. The summed E-state index contributed by atoms with van der Waals surface area (Å²) < 4.78 is 0. The van der Waals surface area contributed by atoms with Gasteiger partial charge in [0.05, 0.1) is 0 Å². The third-order valence-electron chi connectivity index (χ3n) is 3.61. The molecule has 0 aliphatic heterocycles. The molecule has 1 saturated carbocycles. The Morgan fingerprint density at radius 1 is 1.14 bits per heavy atom. The molecule has 0 radical (unpaired) electrons. The van der Waals surface area contributed by atoms with Crippen LogP contribution in [0.15, 0.2) is 48.7 Å². The zero-order chi connectivity index (χ0) is 14.5. The number of carbonyl (C=O) groups excluding carboxylic acids is 1. The highest BCUT2D eigenvalue weighted by Gasteiger charge is 2.24. The highest BCUT2D eigenvalue weighted by atomic mass is 16.1. The molecule has 2 aromatic rings. The van der Waals surface area contributed by atoms with Crippen LogP contribution in [0.2, 0.25) is 0 Å². The SMILES string of the molecule is O=C(Nc1cccc(C#Cc2ccccn2)c1)C1CCC1. The van der Waals surface area contributed by atoms with E-state index in [9.17, 15) is 4.79 Å². The van der Waals surface area contributed by atoms with Crippen LogP contribution >= 0.6 is 0 Å². The Hall–Kier alpha value is -2.60. The molecule has 0 unspecified atom stereocenters. The highest BCUT2D eigenvalue weighted by Crippen LogP contribution is 2.27. The number of rotatable bonds is 2. The first-order valence-electron chi connectivity index (χ1n) is 7.15. The zero-order valence-electron chi connectivity index (χ0n) is 11.7. The predicted molar refractivity (Wildman–Crippen MR) is 82.6 cm³/mol. The molecule has 3 rings (SSSR count). The Morgan fingerprint density at radius 3 is 2.76 bits per heavy atom. The number of nitrogens with zero attached hydrogens (tertiary/aromatic N) is 1. The van der Waals surface area contributed by atoms with Crippen molar-refractivity contribution in [2.45, 2.75) is 19.3 Å². The molecule has 21 heavy (non-hydrogen) atoms. The lowest BCUT2D eigenvalue weighted by Crippen LogP contribution is -2.28. The summed E-state index contributed by atoms with van der Waals surface area (Å²) in [5.41, 5.74) is 2.41. The number of pyridine rings is 1. The van der Waals surface area contributed by atoms with Gasteiger partial charge < -0.3 is 5.32 Å². The molecule has 104 valence electrons. The van der Waals surface area contributed by atoms with Crippen molar-refractivity contribution in [3.8, 4) is 11.8 Å². The molecule has 1 aromatic heterocycles. The van der Waals surface area contributed by atoms with E-state index >= 15 is 0 Å². The van der Waals surface area contributed by atoms with E-state index in [0.717, 1.165) is 36.2 Å². The summed E-state index contributed by atoms with van der Waals surface area (Å²) in [5.74, 6) is 6.39. The average molecular weight is 276 g/mol. The largest absolute Gasteiger partial charge is 0.326 e. The van der Waals surface area contributed by atoms with Crippen molar-refractivity contribution >= 4 is 11.6 Å². The van der Waals surface area contributed by atoms with Crippen LogP contribution < -0.4 is 5.32 Å². The van der Waals surface area contributed by atoms with Crippen molar-refractivity contribution < 1.29 is 4.79 Å². The van der Waals surface area contributed by atoms with Crippen LogP contribution in [-0.4, -0.2) is 10.9 Å². The van der Waals surface area contributed by atoms with Crippen LogP contribution in [0.3, 0.4) is 0 Å². The quantitative estimate of drug-likeness (QED) is 0.856. The monoisotopic (exact) mass is 276 g/mol. The van der Waals surface area contributed by atoms with Crippen molar-refractivity contribution in [1.82, 2.24) is 4.98 Å². The molecule has 1 aliphatic carbocycles. The maximum absolute atomic E-state index is 11.9. The van der Waals surface area contributed by atoms with Gasteiger partial charge in [-0.2, -0.15) is 0 Å². The number of carbonyl (C=O) groups is 1. The second kappa shape index (κ2) is 6.23. The molecule has 0 saturated heterocycles. The van der Waals surface area contributed by atoms with Gasteiger partial charge in [-0.1, -0.05) is 24.5 Å². The Kier molecular flexibility index (Phi) is 3.97. The van der Waals surface area contributed by atoms with Crippen LogP contribution in [0.5, 0.6) is 0 Å². The number of benzene rings is 1. The van der Waals surface area contributed by atoms with E-state index in [-0.39, 0.29) is 11.8 Å². The van der Waals surface area contributed by atoms with E-state index in [1.165, 1.54) is 0 Å². The molecule has 1 aliphatic rings. The first-order chi connectivity index (χ1) is 10.3. The maximum Gasteiger partial charge on any atom is 0.227 e. The van der Waals surface area contributed by atoms with Crippen LogP contribution in [0.1, 0.15) is 30.5 Å². The molecule has 1 aromatic carbocycles. The number of hydrogen-bond donors (Lipinski definition) is 1. The number of amides is 1. The second-order valence-corrected chi connectivity index (χ2v) is 5.16. The van der Waals surface area contributed by atoms with Crippen LogP contribution in [-0.2, 0) is 4.79 Å². The average Bonchev–Trinajstić information content (AvgIpc) is 2.45. The zero-order valence-corrected chi connectivity index (χ0v) is 11.7. The Labute approximate surface area is 124 Å². The van der Waals surface area contributed by atoms with Crippen molar-refractivity contribution in [2.75, 3.05) is 5.32 Å². The Balaban J connectivity index is 1.71. The molecular weight excluding hydrogens is 260 g/mol. The van der Waals surface area contributed by atoms with Gasteiger partial charge in [-0.25, -0.2) is 4.98 Å². The van der Waals surface area contributed by atoms with Gasteiger partial charge in [0.15, 0.2) is 0 Å². The number of nitrogens with one attached hydrogen (secondary N) is 1. The van der Waals surface area contributed by atoms with E-state index in [2.05, 4.69) is 22.1 Å². The van der Waals surface area contributed by atoms with Crippen molar-refractivity contribution in [1.29, 1.82) is 0 Å². The van der Waals surface area contributed by atoms with Gasteiger partial charge in [-0.05, 0) is 49.1 Å². The van der Waals surface area contributed by atoms with Crippen LogP contribution in [0.25, 0.3) is 0 Å². The number of hydrogen-bond acceptors (Lipinski definition) is 2. The lowest BCUT2D eigenvalue weighted by Gasteiger charge is -2.24. The Morgan fingerprint density at radius 2 is 2.05 bits per heavy atom. The molecular formula is C18H16N2O. The van der Waals surface area contributed by atoms with E-state index in [1.807, 2.05) is 42.5 Å². The normalized spacial score (nSPS) is 13.7. The lowest BCUT2D eigenvalue weighted by atomic mass is 9.85. The predicted octanol–water partition coefficient (Wildman–Crippen LogP) is 3.22. The second-order valence-electron chi connectivity index (χ2n) is 5.16. The van der Waals surface area contributed by atoms with Gasteiger partial charge in [0, 0.05) is 23.4 Å². The van der Waals surface area contributed by atoms with E-state index in [0.29, 0.717) is 0 Å². The minimum Gasteiger partial charge on any atom is -0.326 e. The molecule has 1 amide bonds. The smallest absolute Gasteiger partial charge is 0.227 e. The summed E-state index contributed by atoms with van der Waals surface area (Å²) in [6.45, 7) is 0. The summed E-state index contributed by atoms with van der Waals surface area (Å²) in [6.07, 6.45) is 4.89. The number of aromatic nitrogens is 1. The highest BCUT2D eigenvalue weighted by molar-refractivity contribution is 5.93. The van der Waals surface area contributed by atoms with Crippen LogP contribution in [0, 0.1) is 17.8 Å². The third kappa shape index (κ3) is 3.49. The topological polar surface area (TPSA) is 42.0 Å². The molecule has 0 spiro atoms. The van der Waals surface area contributed by atoms with E-state index in [1.54, 1.807) is 6.20 Å². The molecule has 1 heterocycles. The minimum absolute atomic E-state index is 0.121. The first-order valence-corrected chi connectivity index (χ1v) is 7.15. The summed E-state index contributed by atoms with van der Waals surface area (Å²) in [7, 11) is 0.